The third-order valence-electron chi connectivity index (χ3n) is 5.05. The number of carboxylic acids is 1. The number of hydrogen-bond donors (Lipinski definition) is 1. The van der Waals surface area contributed by atoms with E-state index in [1.54, 1.807) is 0 Å². The van der Waals surface area contributed by atoms with Gasteiger partial charge in [-0.05, 0) is 38.1 Å². The molecule has 3 heteroatoms. The van der Waals surface area contributed by atoms with Crippen molar-refractivity contribution in [2.75, 3.05) is 13.1 Å². The molecule has 1 aliphatic heterocycles. The standard InChI is InChI=1S/C14H25NO2/c1-3-14(13(16)17)8-9-15(10-14)12-7-5-4-6-11(12)2/h11-12H,3-10H2,1-2H3,(H,16,17). The van der Waals surface area contributed by atoms with Crippen molar-refractivity contribution in [1.29, 1.82) is 0 Å². The highest BCUT2D eigenvalue weighted by atomic mass is 16.4. The second-order valence-corrected chi connectivity index (χ2v) is 5.99. The normalized spacial score (nSPS) is 39.4. The Bertz CT molecular complexity index is 292. The van der Waals surface area contributed by atoms with Crippen LogP contribution in [0.3, 0.4) is 0 Å². The molecule has 2 fully saturated rings. The molecule has 1 aliphatic carbocycles. The molecule has 1 heterocycles. The van der Waals surface area contributed by atoms with E-state index in [1.807, 2.05) is 6.92 Å². The summed E-state index contributed by atoms with van der Waals surface area (Å²) in [5.41, 5.74) is -0.461. The quantitative estimate of drug-likeness (QED) is 0.823. The van der Waals surface area contributed by atoms with Gasteiger partial charge in [-0.3, -0.25) is 9.69 Å². The fraction of sp³-hybridized carbons (Fsp3) is 0.929. The minimum absolute atomic E-state index is 0.461. The third-order valence-corrected chi connectivity index (χ3v) is 5.05. The summed E-state index contributed by atoms with van der Waals surface area (Å²) < 4.78 is 0. The van der Waals surface area contributed by atoms with Crippen LogP contribution in [0.25, 0.3) is 0 Å². The highest BCUT2D eigenvalue weighted by Gasteiger charge is 2.45. The van der Waals surface area contributed by atoms with Crippen molar-refractivity contribution in [2.45, 2.75) is 58.4 Å². The maximum atomic E-state index is 11.4. The smallest absolute Gasteiger partial charge is 0.310 e. The predicted molar refractivity (Wildman–Crippen MR) is 68.0 cm³/mol. The molecule has 0 aromatic rings. The van der Waals surface area contributed by atoms with Crippen LogP contribution in [0.4, 0.5) is 0 Å². The number of nitrogens with zero attached hydrogens (tertiary/aromatic N) is 1. The van der Waals surface area contributed by atoms with Crippen LogP contribution in [0, 0.1) is 11.3 Å². The lowest BCUT2D eigenvalue weighted by Crippen LogP contribution is -2.42. The van der Waals surface area contributed by atoms with Crippen molar-refractivity contribution in [3.05, 3.63) is 0 Å². The molecule has 17 heavy (non-hydrogen) atoms. The number of aliphatic carboxylic acids is 1. The lowest BCUT2D eigenvalue weighted by Gasteiger charge is -2.37. The van der Waals surface area contributed by atoms with Gasteiger partial charge in [0.2, 0.25) is 0 Å². The van der Waals surface area contributed by atoms with Crippen LogP contribution in [-0.4, -0.2) is 35.1 Å². The van der Waals surface area contributed by atoms with Crippen molar-refractivity contribution in [1.82, 2.24) is 4.90 Å². The molecule has 1 N–H and O–H groups in total. The Hall–Kier alpha value is -0.570. The zero-order valence-corrected chi connectivity index (χ0v) is 11.1. The molecule has 0 amide bonds. The van der Waals surface area contributed by atoms with E-state index in [-0.39, 0.29) is 0 Å². The number of carbonyl (C=O) groups is 1. The van der Waals surface area contributed by atoms with Crippen molar-refractivity contribution < 1.29 is 9.90 Å². The minimum atomic E-state index is -0.592. The summed E-state index contributed by atoms with van der Waals surface area (Å²) in [7, 11) is 0. The van der Waals surface area contributed by atoms with Gasteiger partial charge in [-0.15, -0.1) is 0 Å². The predicted octanol–water partition coefficient (Wildman–Crippen LogP) is 2.75. The van der Waals surface area contributed by atoms with Crippen LogP contribution in [0.2, 0.25) is 0 Å². The molecule has 3 nitrogen and oxygen atoms in total. The molecule has 0 radical (unpaired) electrons. The SMILES string of the molecule is CCC1(C(=O)O)CCN(C2CCCCC2C)C1. The molecular weight excluding hydrogens is 214 g/mol. The topological polar surface area (TPSA) is 40.5 Å². The summed E-state index contributed by atoms with van der Waals surface area (Å²) in [6.07, 6.45) is 6.84. The van der Waals surface area contributed by atoms with Crippen LogP contribution >= 0.6 is 0 Å². The van der Waals surface area contributed by atoms with Gasteiger partial charge in [0.1, 0.15) is 0 Å². The molecule has 3 unspecified atom stereocenters. The van der Waals surface area contributed by atoms with Gasteiger partial charge in [0, 0.05) is 12.6 Å². The Balaban J connectivity index is 2.03. The second-order valence-electron chi connectivity index (χ2n) is 5.99. The third kappa shape index (κ3) is 2.35. The summed E-state index contributed by atoms with van der Waals surface area (Å²) in [5, 5.41) is 9.42. The zero-order chi connectivity index (χ0) is 12.5. The average molecular weight is 239 g/mol. The highest BCUT2D eigenvalue weighted by Crippen LogP contribution is 2.39. The maximum Gasteiger partial charge on any atom is 0.310 e. The summed E-state index contributed by atoms with van der Waals surface area (Å²) in [6, 6.07) is 0.636. The summed E-state index contributed by atoms with van der Waals surface area (Å²) in [6.45, 7) is 6.10. The van der Waals surface area contributed by atoms with Crippen molar-refractivity contribution in [3.63, 3.8) is 0 Å². The first kappa shape index (κ1) is 12.9. The van der Waals surface area contributed by atoms with Gasteiger partial charge < -0.3 is 5.11 Å². The van der Waals surface area contributed by atoms with Gasteiger partial charge in [0.25, 0.3) is 0 Å². The summed E-state index contributed by atoms with van der Waals surface area (Å²) >= 11 is 0. The van der Waals surface area contributed by atoms with E-state index in [2.05, 4.69) is 11.8 Å². The molecular formula is C14H25NO2. The largest absolute Gasteiger partial charge is 0.481 e. The van der Waals surface area contributed by atoms with Crippen LogP contribution in [0.15, 0.2) is 0 Å². The van der Waals surface area contributed by atoms with Crippen LogP contribution in [-0.2, 0) is 4.79 Å². The average Bonchev–Trinajstić information content (AvgIpc) is 2.75. The molecule has 0 aromatic heterocycles. The first-order valence-corrected chi connectivity index (χ1v) is 7.06. The van der Waals surface area contributed by atoms with Gasteiger partial charge in [-0.25, -0.2) is 0 Å². The maximum absolute atomic E-state index is 11.4. The van der Waals surface area contributed by atoms with E-state index in [0.29, 0.717) is 6.04 Å². The molecule has 98 valence electrons. The number of hydrogen-bond acceptors (Lipinski definition) is 2. The monoisotopic (exact) mass is 239 g/mol. The van der Waals surface area contributed by atoms with Gasteiger partial charge >= 0.3 is 5.97 Å². The van der Waals surface area contributed by atoms with E-state index < -0.39 is 11.4 Å². The highest BCUT2D eigenvalue weighted by molar-refractivity contribution is 5.75. The molecule has 1 saturated heterocycles. The fourth-order valence-corrected chi connectivity index (χ4v) is 3.64. The minimum Gasteiger partial charge on any atom is -0.481 e. The summed E-state index contributed by atoms with van der Waals surface area (Å²) in [4.78, 5) is 13.9. The Morgan fingerprint density at radius 2 is 2.12 bits per heavy atom. The van der Waals surface area contributed by atoms with E-state index in [4.69, 9.17) is 0 Å². The van der Waals surface area contributed by atoms with Crippen molar-refractivity contribution in [2.24, 2.45) is 11.3 Å². The van der Waals surface area contributed by atoms with E-state index in [1.165, 1.54) is 25.7 Å². The second kappa shape index (κ2) is 4.97. The molecule has 2 aliphatic rings. The molecule has 1 saturated carbocycles. The molecule has 0 aromatic carbocycles. The Morgan fingerprint density at radius 1 is 1.41 bits per heavy atom. The van der Waals surface area contributed by atoms with E-state index >= 15 is 0 Å². The molecule has 2 rings (SSSR count). The van der Waals surface area contributed by atoms with Gasteiger partial charge in [0.05, 0.1) is 5.41 Å². The first-order chi connectivity index (χ1) is 8.09. The lowest BCUT2D eigenvalue weighted by atomic mass is 9.83. The van der Waals surface area contributed by atoms with Crippen LogP contribution < -0.4 is 0 Å². The molecule has 0 bridgehead atoms. The lowest BCUT2D eigenvalue weighted by molar-refractivity contribution is -0.148. The van der Waals surface area contributed by atoms with Crippen molar-refractivity contribution >= 4 is 5.97 Å². The van der Waals surface area contributed by atoms with Gasteiger partial charge in [-0.1, -0.05) is 26.7 Å². The number of carboxylic acid groups (broad SMARTS) is 1. The van der Waals surface area contributed by atoms with Crippen molar-refractivity contribution in [3.8, 4) is 0 Å². The number of rotatable bonds is 3. The summed E-state index contributed by atoms with van der Waals surface area (Å²) in [5.74, 6) is 0.149. The Labute approximate surface area is 104 Å². The zero-order valence-electron chi connectivity index (χ0n) is 11.1. The first-order valence-electron chi connectivity index (χ1n) is 7.06. The van der Waals surface area contributed by atoms with Crippen LogP contribution in [0.5, 0.6) is 0 Å². The Kier molecular flexibility index (Phi) is 3.76. The van der Waals surface area contributed by atoms with E-state index in [9.17, 15) is 9.90 Å². The molecule has 3 atom stereocenters. The van der Waals surface area contributed by atoms with Gasteiger partial charge in [0.15, 0.2) is 0 Å². The van der Waals surface area contributed by atoms with E-state index in [0.717, 1.165) is 31.8 Å². The number of likely N-dealkylation sites (tertiary alicyclic amines) is 1. The molecule has 0 spiro atoms. The fourth-order valence-electron chi connectivity index (χ4n) is 3.64. The Morgan fingerprint density at radius 3 is 2.65 bits per heavy atom. The van der Waals surface area contributed by atoms with Crippen LogP contribution in [0.1, 0.15) is 52.4 Å². The van der Waals surface area contributed by atoms with Gasteiger partial charge in [-0.2, -0.15) is 0 Å².